The van der Waals surface area contributed by atoms with Crippen molar-refractivity contribution < 1.29 is 9.53 Å². The molecule has 0 saturated heterocycles. The molecule has 0 radical (unpaired) electrons. The molecule has 3 rings (SSSR count). The first-order chi connectivity index (χ1) is 11.8. The molecule has 24 heavy (non-hydrogen) atoms. The van der Waals surface area contributed by atoms with E-state index in [4.69, 9.17) is 4.74 Å². The monoisotopic (exact) mass is 325 g/mol. The largest absolute Gasteiger partial charge is 0.490 e. The maximum atomic E-state index is 11.9. The SMILES string of the molecule is O=C(NCCc1cccnc1)NCc1ccccc1OC1CCC1. The van der Waals surface area contributed by atoms with Gasteiger partial charge in [-0.1, -0.05) is 24.3 Å². The van der Waals surface area contributed by atoms with Gasteiger partial charge in [-0.15, -0.1) is 0 Å². The molecule has 1 aliphatic carbocycles. The summed E-state index contributed by atoms with van der Waals surface area (Å²) in [5.74, 6) is 0.873. The quantitative estimate of drug-likeness (QED) is 0.822. The van der Waals surface area contributed by atoms with Crippen molar-refractivity contribution in [1.29, 1.82) is 0 Å². The van der Waals surface area contributed by atoms with Gasteiger partial charge in [-0.2, -0.15) is 0 Å². The molecular weight excluding hydrogens is 302 g/mol. The normalized spacial score (nSPS) is 13.8. The summed E-state index contributed by atoms with van der Waals surface area (Å²) >= 11 is 0. The number of amides is 2. The molecule has 1 aromatic heterocycles. The number of pyridine rings is 1. The fourth-order valence-corrected chi connectivity index (χ4v) is 2.54. The second-order valence-corrected chi connectivity index (χ2v) is 6.00. The van der Waals surface area contributed by atoms with Gasteiger partial charge in [-0.3, -0.25) is 4.98 Å². The molecule has 5 nitrogen and oxygen atoms in total. The van der Waals surface area contributed by atoms with Crippen molar-refractivity contribution in [2.75, 3.05) is 6.54 Å². The minimum Gasteiger partial charge on any atom is -0.490 e. The second kappa shape index (κ2) is 8.34. The number of rotatable bonds is 7. The molecule has 1 heterocycles. The Morgan fingerprint density at radius 1 is 1.17 bits per heavy atom. The molecule has 5 heteroatoms. The Hall–Kier alpha value is -2.56. The third-order valence-corrected chi connectivity index (χ3v) is 4.18. The van der Waals surface area contributed by atoms with Gasteiger partial charge in [0, 0.05) is 31.0 Å². The fourth-order valence-electron chi connectivity index (χ4n) is 2.54. The van der Waals surface area contributed by atoms with E-state index in [0.717, 1.165) is 36.1 Å². The van der Waals surface area contributed by atoms with Gasteiger partial charge in [0.15, 0.2) is 0 Å². The predicted octanol–water partition coefficient (Wildman–Crippen LogP) is 3.05. The average Bonchev–Trinajstić information content (AvgIpc) is 2.58. The van der Waals surface area contributed by atoms with Crippen molar-refractivity contribution in [1.82, 2.24) is 15.6 Å². The van der Waals surface area contributed by atoms with E-state index in [-0.39, 0.29) is 6.03 Å². The zero-order valence-corrected chi connectivity index (χ0v) is 13.7. The van der Waals surface area contributed by atoms with Crippen LogP contribution in [0.4, 0.5) is 4.79 Å². The van der Waals surface area contributed by atoms with Crippen LogP contribution in [-0.2, 0) is 13.0 Å². The summed E-state index contributed by atoms with van der Waals surface area (Å²) in [6.07, 6.45) is 8.14. The zero-order valence-electron chi connectivity index (χ0n) is 13.7. The van der Waals surface area contributed by atoms with E-state index in [9.17, 15) is 4.79 Å². The molecule has 2 N–H and O–H groups in total. The topological polar surface area (TPSA) is 63.2 Å². The standard InChI is InChI=1S/C19H23N3O2/c23-19(21-12-10-15-5-4-11-20-13-15)22-14-16-6-1-2-9-18(16)24-17-7-3-8-17/h1-2,4-6,9,11,13,17H,3,7-8,10,12,14H2,(H2,21,22,23). The van der Waals surface area contributed by atoms with Gasteiger partial charge in [0.25, 0.3) is 0 Å². The van der Waals surface area contributed by atoms with Crippen molar-refractivity contribution in [3.63, 3.8) is 0 Å². The zero-order chi connectivity index (χ0) is 16.6. The molecule has 0 spiro atoms. The molecule has 0 aliphatic heterocycles. The van der Waals surface area contributed by atoms with Crippen LogP contribution in [-0.4, -0.2) is 23.7 Å². The molecule has 1 saturated carbocycles. The summed E-state index contributed by atoms with van der Waals surface area (Å²) in [5.41, 5.74) is 2.11. The molecule has 0 atom stereocenters. The molecule has 1 aliphatic rings. The lowest BCUT2D eigenvalue weighted by Crippen LogP contribution is -2.36. The number of carbonyl (C=O) groups is 1. The van der Waals surface area contributed by atoms with E-state index in [2.05, 4.69) is 15.6 Å². The lowest BCUT2D eigenvalue weighted by Gasteiger charge is -2.27. The minimum atomic E-state index is -0.169. The molecule has 126 valence electrons. The van der Waals surface area contributed by atoms with Crippen molar-refractivity contribution in [3.8, 4) is 5.75 Å². The third kappa shape index (κ3) is 4.72. The number of ether oxygens (including phenoxy) is 1. The number of carbonyl (C=O) groups excluding carboxylic acids is 1. The second-order valence-electron chi connectivity index (χ2n) is 6.00. The average molecular weight is 325 g/mol. The van der Waals surface area contributed by atoms with Gasteiger partial charge in [-0.05, 0) is 43.4 Å². The number of hydrogen-bond donors (Lipinski definition) is 2. The number of urea groups is 1. The third-order valence-electron chi connectivity index (χ3n) is 4.18. The minimum absolute atomic E-state index is 0.169. The van der Waals surface area contributed by atoms with Gasteiger partial charge < -0.3 is 15.4 Å². The highest BCUT2D eigenvalue weighted by atomic mass is 16.5. The number of nitrogens with zero attached hydrogens (tertiary/aromatic N) is 1. The molecular formula is C19H23N3O2. The van der Waals surface area contributed by atoms with Crippen LogP contribution in [0.5, 0.6) is 5.75 Å². The summed E-state index contributed by atoms with van der Waals surface area (Å²) in [4.78, 5) is 16.0. The van der Waals surface area contributed by atoms with Gasteiger partial charge in [0.2, 0.25) is 0 Å². The maximum absolute atomic E-state index is 11.9. The van der Waals surface area contributed by atoms with E-state index in [1.807, 2.05) is 42.6 Å². The molecule has 1 aromatic carbocycles. The molecule has 1 fully saturated rings. The molecule has 0 bridgehead atoms. The van der Waals surface area contributed by atoms with E-state index >= 15 is 0 Å². The Labute approximate surface area is 142 Å². The van der Waals surface area contributed by atoms with Crippen LogP contribution in [0.1, 0.15) is 30.4 Å². The van der Waals surface area contributed by atoms with Gasteiger partial charge >= 0.3 is 6.03 Å². The number of benzene rings is 1. The molecule has 2 aromatic rings. The summed E-state index contributed by atoms with van der Waals surface area (Å²) < 4.78 is 5.97. The Morgan fingerprint density at radius 3 is 2.79 bits per heavy atom. The highest BCUT2D eigenvalue weighted by Crippen LogP contribution is 2.27. The summed E-state index contributed by atoms with van der Waals surface area (Å²) in [6.45, 7) is 1.04. The lowest BCUT2D eigenvalue weighted by molar-refractivity contribution is 0.119. The van der Waals surface area contributed by atoms with Crippen molar-refractivity contribution in [2.24, 2.45) is 0 Å². The Morgan fingerprint density at radius 2 is 2.04 bits per heavy atom. The van der Waals surface area contributed by atoms with Crippen LogP contribution in [0, 0.1) is 0 Å². The first-order valence-corrected chi connectivity index (χ1v) is 8.46. The molecule has 0 unspecified atom stereocenters. The maximum Gasteiger partial charge on any atom is 0.315 e. The first kappa shape index (κ1) is 16.3. The van der Waals surface area contributed by atoms with Crippen LogP contribution in [0.2, 0.25) is 0 Å². The van der Waals surface area contributed by atoms with Crippen molar-refractivity contribution in [3.05, 3.63) is 59.9 Å². The van der Waals surface area contributed by atoms with Crippen molar-refractivity contribution in [2.45, 2.75) is 38.3 Å². The number of aromatic nitrogens is 1. The Bertz CT molecular complexity index is 657. The predicted molar refractivity (Wildman–Crippen MR) is 92.9 cm³/mol. The summed E-state index contributed by atoms with van der Waals surface area (Å²) in [5, 5.41) is 5.75. The summed E-state index contributed by atoms with van der Waals surface area (Å²) in [7, 11) is 0. The van der Waals surface area contributed by atoms with Crippen LogP contribution in [0.15, 0.2) is 48.8 Å². The lowest BCUT2D eigenvalue weighted by atomic mass is 9.96. The van der Waals surface area contributed by atoms with Gasteiger partial charge in [0.1, 0.15) is 5.75 Å². The Kier molecular flexibility index (Phi) is 5.66. The van der Waals surface area contributed by atoms with Crippen LogP contribution >= 0.6 is 0 Å². The molecule has 2 amide bonds. The highest BCUT2D eigenvalue weighted by molar-refractivity contribution is 5.73. The Balaban J connectivity index is 1.42. The number of para-hydroxylation sites is 1. The summed E-state index contributed by atoms with van der Waals surface area (Å²) in [6, 6.07) is 11.6. The van der Waals surface area contributed by atoms with Crippen LogP contribution in [0.3, 0.4) is 0 Å². The van der Waals surface area contributed by atoms with E-state index in [1.165, 1.54) is 6.42 Å². The highest BCUT2D eigenvalue weighted by Gasteiger charge is 2.20. The smallest absolute Gasteiger partial charge is 0.315 e. The van der Waals surface area contributed by atoms with E-state index in [0.29, 0.717) is 19.2 Å². The number of nitrogens with one attached hydrogen (secondary N) is 2. The van der Waals surface area contributed by atoms with Crippen LogP contribution in [0.25, 0.3) is 0 Å². The van der Waals surface area contributed by atoms with Gasteiger partial charge in [-0.25, -0.2) is 4.79 Å². The van der Waals surface area contributed by atoms with Gasteiger partial charge in [0.05, 0.1) is 6.10 Å². The number of hydrogen-bond acceptors (Lipinski definition) is 3. The van der Waals surface area contributed by atoms with E-state index < -0.39 is 0 Å². The first-order valence-electron chi connectivity index (χ1n) is 8.46. The van der Waals surface area contributed by atoms with Crippen LogP contribution < -0.4 is 15.4 Å². The van der Waals surface area contributed by atoms with E-state index in [1.54, 1.807) is 6.20 Å². The van der Waals surface area contributed by atoms with Crippen molar-refractivity contribution >= 4 is 6.03 Å². The fraction of sp³-hybridized carbons (Fsp3) is 0.368.